The molecule has 0 aliphatic carbocycles. The van der Waals surface area contributed by atoms with Gasteiger partial charge in [0.05, 0.1) is 18.8 Å². The number of nitrogens with zero attached hydrogens (tertiary/aromatic N) is 3. The minimum Gasteiger partial charge on any atom is -0.497 e. The number of anilines is 1. The summed E-state index contributed by atoms with van der Waals surface area (Å²) in [5.41, 5.74) is 9.00. The van der Waals surface area contributed by atoms with Crippen molar-refractivity contribution in [2.75, 3.05) is 19.4 Å². The van der Waals surface area contributed by atoms with Crippen molar-refractivity contribution >= 4 is 11.9 Å². The third kappa shape index (κ3) is 4.66. The molecule has 2 heterocycles. The van der Waals surface area contributed by atoms with Crippen molar-refractivity contribution in [3.63, 3.8) is 0 Å². The molecular weight excluding hydrogens is 395 g/mol. The van der Waals surface area contributed by atoms with Crippen LogP contribution in [0.25, 0.3) is 11.1 Å². The fourth-order valence-corrected chi connectivity index (χ4v) is 4.08. The van der Waals surface area contributed by atoms with Gasteiger partial charge in [-0.3, -0.25) is 4.79 Å². The fourth-order valence-electron chi connectivity index (χ4n) is 4.08. The maximum atomic E-state index is 13.8. The third-order valence-corrected chi connectivity index (χ3v) is 5.65. The minimum absolute atomic E-state index is 0.0701. The third-order valence-electron chi connectivity index (χ3n) is 5.65. The Morgan fingerprint density at radius 3 is 2.81 bits per heavy atom. The van der Waals surface area contributed by atoms with E-state index in [1.54, 1.807) is 19.4 Å². The van der Waals surface area contributed by atoms with E-state index < -0.39 is 0 Å². The van der Waals surface area contributed by atoms with Gasteiger partial charge in [0.2, 0.25) is 11.9 Å². The normalized spacial score (nSPS) is 15.8. The second-order valence-electron chi connectivity index (χ2n) is 7.63. The zero-order valence-electron chi connectivity index (χ0n) is 17.4. The number of aryl methyl sites for hydroxylation is 1. The quantitative estimate of drug-likeness (QED) is 0.647. The molecule has 3 aromatic rings. The molecule has 2 aromatic carbocycles. The molecule has 1 amide bonds. The molecule has 31 heavy (non-hydrogen) atoms. The molecule has 0 saturated carbocycles. The SMILES string of the molecule is COc1ccc(CCC(=O)N2CCCC2c2nc(N)ncc2-c2cccc(F)c2)cc1. The summed E-state index contributed by atoms with van der Waals surface area (Å²) in [7, 11) is 1.63. The van der Waals surface area contributed by atoms with Crippen LogP contribution in [0.4, 0.5) is 10.3 Å². The van der Waals surface area contributed by atoms with Crippen molar-refractivity contribution in [2.24, 2.45) is 0 Å². The first kappa shape index (κ1) is 20.8. The van der Waals surface area contributed by atoms with Gasteiger partial charge in [-0.05, 0) is 54.7 Å². The lowest BCUT2D eigenvalue weighted by Gasteiger charge is -2.26. The van der Waals surface area contributed by atoms with E-state index in [0.29, 0.717) is 36.2 Å². The van der Waals surface area contributed by atoms with Gasteiger partial charge in [-0.25, -0.2) is 14.4 Å². The second-order valence-corrected chi connectivity index (χ2v) is 7.63. The van der Waals surface area contributed by atoms with Crippen molar-refractivity contribution in [2.45, 2.75) is 31.7 Å². The molecule has 4 rings (SSSR count). The van der Waals surface area contributed by atoms with Crippen LogP contribution in [0.2, 0.25) is 0 Å². The number of methoxy groups -OCH3 is 1. The zero-order valence-corrected chi connectivity index (χ0v) is 17.4. The first-order valence-corrected chi connectivity index (χ1v) is 10.4. The number of halogens is 1. The molecule has 2 N–H and O–H groups in total. The minimum atomic E-state index is -0.334. The number of nitrogens with two attached hydrogens (primary N) is 1. The lowest BCUT2D eigenvalue weighted by atomic mass is 9.99. The monoisotopic (exact) mass is 420 g/mol. The maximum absolute atomic E-state index is 13.8. The van der Waals surface area contributed by atoms with E-state index >= 15 is 0 Å². The number of carbonyl (C=O) groups is 1. The summed E-state index contributed by atoms with van der Waals surface area (Å²) < 4.78 is 19.0. The molecule has 1 unspecified atom stereocenters. The van der Waals surface area contributed by atoms with Gasteiger partial charge in [0.25, 0.3) is 0 Å². The highest BCUT2D eigenvalue weighted by atomic mass is 19.1. The summed E-state index contributed by atoms with van der Waals surface area (Å²) in [6.45, 7) is 0.665. The van der Waals surface area contributed by atoms with Crippen LogP contribution in [0, 0.1) is 5.82 Å². The van der Waals surface area contributed by atoms with Crippen LogP contribution in [0.5, 0.6) is 5.75 Å². The number of likely N-dealkylation sites (tertiary alicyclic amines) is 1. The standard InChI is InChI=1S/C24H25FN4O2/c1-31-19-10-7-16(8-11-19)9-12-22(30)29-13-3-6-21(29)23-20(15-27-24(26)28-23)17-4-2-5-18(25)14-17/h2,4-5,7-8,10-11,14-15,21H,3,6,9,12-13H2,1H3,(H2,26,27,28). The van der Waals surface area contributed by atoms with Gasteiger partial charge in [-0.2, -0.15) is 0 Å². The summed E-state index contributed by atoms with van der Waals surface area (Å²) >= 11 is 0. The topological polar surface area (TPSA) is 81.3 Å². The average Bonchev–Trinajstić information content (AvgIpc) is 3.28. The molecule has 0 radical (unpaired) electrons. The number of nitrogen functional groups attached to an aromatic ring is 1. The highest BCUT2D eigenvalue weighted by Crippen LogP contribution is 2.37. The van der Waals surface area contributed by atoms with Gasteiger partial charge < -0.3 is 15.4 Å². The van der Waals surface area contributed by atoms with Crippen LogP contribution in [0.3, 0.4) is 0 Å². The van der Waals surface area contributed by atoms with Crippen LogP contribution in [0.15, 0.2) is 54.7 Å². The second kappa shape index (κ2) is 9.12. The first-order valence-electron chi connectivity index (χ1n) is 10.4. The summed E-state index contributed by atoms with van der Waals surface area (Å²) in [6.07, 6.45) is 4.33. The van der Waals surface area contributed by atoms with E-state index in [4.69, 9.17) is 10.5 Å². The molecule has 1 aliphatic heterocycles. The number of aromatic nitrogens is 2. The summed E-state index contributed by atoms with van der Waals surface area (Å²) in [6, 6.07) is 13.8. The number of ether oxygens (including phenoxy) is 1. The lowest BCUT2D eigenvalue weighted by Crippen LogP contribution is -2.31. The Morgan fingerprint density at radius 2 is 2.06 bits per heavy atom. The van der Waals surface area contributed by atoms with Crippen LogP contribution in [0.1, 0.15) is 36.6 Å². The zero-order chi connectivity index (χ0) is 21.8. The molecular formula is C24H25FN4O2. The number of hydrogen-bond donors (Lipinski definition) is 1. The smallest absolute Gasteiger partial charge is 0.223 e. The maximum Gasteiger partial charge on any atom is 0.223 e. The van der Waals surface area contributed by atoms with Crippen LogP contribution in [-0.4, -0.2) is 34.4 Å². The molecule has 1 fully saturated rings. The molecule has 1 saturated heterocycles. The molecule has 1 atom stereocenters. The van der Waals surface area contributed by atoms with Crippen molar-refractivity contribution < 1.29 is 13.9 Å². The molecule has 6 nitrogen and oxygen atoms in total. The number of carbonyl (C=O) groups excluding carboxylic acids is 1. The van der Waals surface area contributed by atoms with Crippen molar-refractivity contribution in [3.8, 4) is 16.9 Å². The van der Waals surface area contributed by atoms with Crippen LogP contribution >= 0.6 is 0 Å². The Balaban J connectivity index is 1.55. The lowest BCUT2D eigenvalue weighted by molar-refractivity contribution is -0.132. The number of hydrogen-bond acceptors (Lipinski definition) is 5. The Hall–Kier alpha value is -3.48. The summed E-state index contributed by atoms with van der Waals surface area (Å²) in [5, 5.41) is 0. The van der Waals surface area contributed by atoms with E-state index in [2.05, 4.69) is 9.97 Å². The average molecular weight is 420 g/mol. The largest absolute Gasteiger partial charge is 0.497 e. The Bertz CT molecular complexity index is 1070. The number of amides is 1. The molecule has 160 valence electrons. The van der Waals surface area contributed by atoms with Crippen LogP contribution in [-0.2, 0) is 11.2 Å². The summed E-state index contributed by atoms with van der Waals surface area (Å²) in [4.78, 5) is 23.5. The molecule has 7 heteroatoms. The van der Waals surface area contributed by atoms with E-state index in [1.165, 1.54) is 12.1 Å². The molecule has 0 bridgehead atoms. The van der Waals surface area contributed by atoms with Gasteiger partial charge in [0.15, 0.2) is 0 Å². The van der Waals surface area contributed by atoms with Gasteiger partial charge in [-0.15, -0.1) is 0 Å². The van der Waals surface area contributed by atoms with Gasteiger partial charge in [0, 0.05) is 24.7 Å². The van der Waals surface area contributed by atoms with E-state index in [-0.39, 0.29) is 23.7 Å². The molecule has 1 aliphatic rings. The van der Waals surface area contributed by atoms with Gasteiger partial charge in [-0.1, -0.05) is 24.3 Å². The molecule has 0 spiro atoms. The van der Waals surface area contributed by atoms with E-state index in [9.17, 15) is 9.18 Å². The van der Waals surface area contributed by atoms with E-state index in [0.717, 1.165) is 24.2 Å². The van der Waals surface area contributed by atoms with E-state index in [1.807, 2.05) is 35.2 Å². The number of benzene rings is 2. The van der Waals surface area contributed by atoms with Crippen molar-refractivity contribution in [3.05, 3.63) is 71.8 Å². The number of rotatable bonds is 6. The molecule has 1 aromatic heterocycles. The Labute approximate surface area is 180 Å². The Kier molecular flexibility index (Phi) is 6.11. The predicted octanol–water partition coefficient (Wildman–Crippen LogP) is 4.17. The van der Waals surface area contributed by atoms with Crippen molar-refractivity contribution in [1.82, 2.24) is 14.9 Å². The fraction of sp³-hybridized carbons (Fsp3) is 0.292. The van der Waals surface area contributed by atoms with Crippen LogP contribution < -0.4 is 10.5 Å². The highest BCUT2D eigenvalue weighted by Gasteiger charge is 2.32. The van der Waals surface area contributed by atoms with Gasteiger partial charge in [0.1, 0.15) is 11.6 Å². The highest BCUT2D eigenvalue weighted by molar-refractivity contribution is 5.78. The summed E-state index contributed by atoms with van der Waals surface area (Å²) in [5.74, 6) is 0.674. The Morgan fingerprint density at radius 1 is 1.26 bits per heavy atom. The first-order chi connectivity index (χ1) is 15.0. The van der Waals surface area contributed by atoms with Gasteiger partial charge >= 0.3 is 0 Å². The van der Waals surface area contributed by atoms with Crippen molar-refractivity contribution in [1.29, 1.82) is 0 Å². The predicted molar refractivity (Wildman–Crippen MR) is 117 cm³/mol.